The molecule has 0 saturated carbocycles. The molecule has 7 atom stereocenters. The summed E-state index contributed by atoms with van der Waals surface area (Å²) in [5.74, 6) is -9.32. The zero-order valence-corrected chi connectivity index (χ0v) is 30.1. The van der Waals surface area contributed by atoms with E-state index >= 15 is 0 Å². The molecule has 298 valence electrons. The highest BCUT2D eigenvalue weighted by molar-refractivity contribution is 6.31. The van der Waals surface area contributed by atoms with Gasteiger partial charge in [-0.25, -0.2) is 4.79 Å². The number of alkyl halides is 3. The number of aliphatic hydroxyl groups is 2. The fraction of sp³-hybridized carbons (Fsp3) is 0.500. The van der Waals surface area contributed by atoms with Crippen LogP contribution in [0, 0.1) is 5.92 Å². The van der Waals surface area contributed by atoms with E-state index in [2.05, 4.69) is 5.32 Å². The first-order chi connectivity index (χ1) is 25.6. The van der Waals surface area contributed by atoms with Crippen molar-refractivity contribution in [2.45, 2.75) is 95.4 Å². The summed E-state index contributed by atoms with van der Waals surface area (Å²) in [6, 6.07) is 1.31. The van der Waals surface area contributed by atoms with Gasteiger partial charge < -0.3 is 50.0 Å². The molecule has 1 aliphatic heterocycles. The van der Waals surface area contributed by atoms with Crippen molar-refractivity contribution in [2.24, 2.45) is 5.92 Å². The van der Waals surface area contributed by atoms with Gasteiger partial charge in [0.05, 0.1) is 42.0 Å². The number of phenols is 2. The van der Waals surface area contributed by atoms with Gasteiger partial charge in [-0.15, -0.1) is 0 Å². The van der Waals surface area contributed by atoms with Gasteiger partial charge in [-0.2, -0.15) is 13.2 Å². The quantitative estimate of drug-likeness (QED) is 0.126. The molecular formula is C36H39F3N2O14. The van der Waals surface area contributed by atoms with Crippen molar-refractivity contribution in [3.8, 4) is 17.2 Å². The van der Waals surface area contributed by atoms with Crippen molar-refractivity contribution < 1.29 is 81.3 Å². The Hall–Kier alpha value is -5.11. The Morgan fingerprint density at radius 1 is 1.05 bits per heavy atom. The Kier molecular flexibility index (Phi) is 11.3. The number of ketones is 3. The van der Waals surface area contributed by atoms with Crippen LogP contribution in [0.25, 0.3) is 0 Å². The second-order valence-corrected chi connectivity index (χ2v) is 13.9. The number of nitrogens with one attached hydrogen (secondary N) is 2. The van der Waals surface area contributed by atoms with E-state index < -0.39 is 149 Å². The molecule has 1 saturated heterocycles. The first kappa shape index (κ1) is 41.1. The zero-order chi connectivity index (χ0) is 40.9. The third-order valence-corrected chi connectivity index (χ3v) is 9.82. The number of methoxy groups -OCH3 is 1. The highest BCUT2D eigenvalue weighted by Crippen LogP contribution is 2.52. The van der Waals surface area contributed by atoms with E-state index in [9.17, 15) is 62.4 Å². The zero-order valence-electron chi connectivity index (χ0n) is 30.1. The smallest absolute Gasteiger partial charge is 0.471 e. The lowest BCUT2D eigenvalue weighted by atomic mass is 9.72. The predicted molar refractivity (Wildman–Crippen MR) is 178 cm³/mol. The van der Waals surface area contributed by atoms with Gasteiger partial charge >= 0.3 is 18.1 Å². The Morgan fingerprint density at radius 2 is 1.71 bits per heavy atom. The first-order valence-corrected chi connectivity index (χ1v) is 17.0. The van der Waals surface area contributed by atoms with Gasteiger partial charge in [-0.3, -0.25) is 24.0 Å². The van der Waals surface area contributed by atoms with Crippen molar-refractivity contribution in [1.29, 1.82) is 0 Å². The molecule has 55 heavy (non-hydrogen) atoms. The van der Waals surface area contributed by atoms with Crippen LogP contribution in [0.1, 0.15) is 89.6 Å². The molecule has 0 spiro atoms. The van der Waals surface area contributed by atoms with Crippen molar-refractivity contribution in [1.82, 2.24) is 10.6 Å². The number of fused-ring (bicyclic) bond motifs is 3. The second kappa shape index (κ2) is 15.2. The maximum atomic E-state index is 13.9. The summed E-state index contributed by atoms with van der Waals surface area (Å²) < 4.78 is 61.5. The molecular weight excluding hydrogens is 741 g/mol. The lowest BCUT2D eigenvalue weighted by molar-refractivity contribution is -0.250. The molecule has 2 aromatic rings. The normalized spacial score (nSPS) is 25.3. The molecule has 0 bridgehead atoms. The summed E-state index contributed by atoms with van der Waals surface area (Å²) >= 11 is 0. The van der Waals surface area contributed by atoms with Gasteiger partial charge in [0.1, 0.15) is 35.0 Å². The molecule has 6 N–H and O–H groups in total. The largest absolute Gasteiger partial charge is 0.507 e. The number of halogens is 3. The summed E-state index contributed by atoms with van der Waals surface area (Å²) in [5.41, 5.74) is -5.20. The number of phenolic OH excluding ortho intramolecular Hbond substituents is 2. The molecule has 5 rings (SSSR count). The number of aliphatic hydroxyl groups excluding tert-OH is 1. The molecule has 1 heterocycles. The Balaban J connectivity index is 1.57. The fourth-order valence-electron chi connectivity index (χ4n) is 7.04. The molecule has 0 aromatic heterocycles. The number of amides is 2. The average Bonchev–Trinajstić information content (AvgIpc) is 3.10. The minimum atomic E-state index is -5.31. The molecule has 0 radical (unpaired) electrons. The van der Waals surface area contributed by atoms with Crippen LogP contribution in [-0.4, -0.2) is 112 Å². The maximum Gasteiger partial charge on any atom is 0.471 e. The van der Waals surface area contributed by atoms with E-state index in [0.717, 1.165) is 6.92 Å². The number of rotatable bonds is 10. The fourth-order valence-corrected chi connectivity index (χ4v) is 7.04. The van der Waals surface area contributed by atoms with Crippen LogP contribution in [0.4, 0.5) is 13.2 Å². The number of hydrogen-bond acceptors (Lipinski definition) is 14. The summed E-state index contributed by atoms with van der Waals surface area (Å²) in [7, 11) is 1.24. The second-order valence-electron chi connectivity index (χ2n) is 13.9. The first-order valence-electron chi connectivity index (χ1n) is 17.0. The Morgan fingerprint density at radius 3 is 2.31 bits per heavy atom. The van der Waals surface area contributed by atoms with E-state index in [-0.39, 0.29) is 16.9 Å². The topological polar surface area (TPSA) is 244 Å². The molecule has 5 unspecified atom stereocenters. The van der Waals surface area contributed by atoms with Crippen LogP contribution in [0.5, 0.6) is 17.2 Å². The number of carbonyl (C=O) groups excluding carboxylic acids is 6. The van der Waals surface area contributed by atoms with Crippen LogP contribution in [0.3, 0.4) is 0 Å². The van der Waals surface area contributed by atoms with Crippen LogP contribution in [0.15, 0.2) is 18.2 Å². The van der Waals surface area contributed by atoms with Crippen LogP contribution in [0.2, 0.25) is 0 Å². The SMILES string of the molecule is COc1cccc2c1C(=O)c1c(O)c3c(c(O)c1C2=O)C[C@@](O)(C(=O)COC(=O)C(NC(C)=O)C(C)C)C[C@@H]3OC1CC(NC(=O)C(F)(F)F)C(O)C(C)O1. The van der Waals surface area contributed by atoms with E-state index in [1.54, 1.807) is 19.2 Å². The predicted octanol–water partition coefficient (Wildman–Crippen LogP) is 1.43. The van der Waals surface area contributed by atoms with Crippen LogP contribution >= 0.6 is 0 Å². The number of aromatic hydroxyl groups is 2. The Labute approximate surface area is 310 Å². The number of Topliss-reactive ketones (excluding diaryl/α,β-unsaturated/α-hetero) is 1. The summed E-state index contributed by atoms with van der Waals surface area (Å²) in [4.78, 5) is 77.8. The van der Waals surface area contributed by atoms with E-state index in [1.165, 1.54) is 32.2 Å². The summed E-state index contributed by atoms with van der Waals surface area (Å²) in [6.07, 6.45) is -13.9. The number of hydrogen-bond donors (Lipinski definition) is 6. The lowest BCUT2D eigenvalue weighted by Gasteiger charge is -2.43. The van der Waals surface area contributed by atoms with Crippen molar-refractivity contribution >= 4 is 35.1 Å². The molecule has 2 aromatic carbocycles. The number of benzene rings is 2. The molecule has 1 fully saturated rings. The van der Waals surface area contributed by atoms with E-state index in [4.69, 9.17) is 18.9 Å². The minimum Gasteiger partial charge on any atom is -0.507 e. The van der Waals surface area contributed by atoms with Crippen LogP contribution in [-0.2, 0) is 39.8 Å². The summed E-state index contributed by atoms with van der Waals surface area (Å²) in [5, 5.41) is 49.9. The molecule has 16 nitrogen and oxygen atoms in total. The van der Waals surface area contributed by atoms with Crippen LogP contribution < -0.4 is 15.4 Å². The minimum absolute atomic E-state index is 0.0336. The van der Waals surface area contributed by atoms with Crippen molar-refractivity contribution in [2.75, 3.05) is 13.7 Å². The van der Waals surface area contributed by atoms with Gasteiger partial charge in [-0.1, -0.05) is 26.0 Å². The highest BCUT2D eigenvalue weighted by atomic mass is 19.4. The van der Waals surface area contributed by atoms with E-state index in [0.29, 0.717) is 0 Å². The third kappa shape index (κ3) is 7.73. The van der Waals surface area contributed by atoms with Gasteiger partial charge in [0.15, 0.2) is 18.7 Å². The van der Waals surface area contributed by atoms with Gasteiger partial charge in [0, 0.05) is 42.9 Å². The molecule has 3 aliphatic rings. The maximum absolute atomic E-state index is 13.9. The summed E-state index contributed by atoms with van der Waals surface area (Å²) in [6.45, 7) is 4.54. The monoisotopic (exact) mass is 780 g/mol. The van der Waals surface area contributed by atoms with Crippen molar-refractivity contribution in [3.05, 3.63) is 51.6 Å². The standard InChI is InChI=1S/C36H39F3N2O14/c1-13(2)27(40-15(4)42)33(49)53-12-21(43)35(51)10-17-24(20(11-35)55-22-9-18(28(44)14(3)54-22)41-34(50)36(37,38)39)32(48)26-25(30(17)46)29(45)16-7-6-8-19(52-5)23(16)31(26)47/h6-8,13-14,18,20,22,27-28,44,46,48,51H,9-12H2,1-5H3,(H,40,42)(H,41,50)/t14?,18?,20-,22?,27?,28?,35-/m0/s1. The van der Waals surface area contributed by atoms with Crippen molar-refractivity contribution in [3.63, 3.8) is 0 Å². The number of esters is 1. The highest BCUT2D eigenvalue weighted by Gasteiger charge is 2.51. The van der Waals surface area contributed by atoms with Gasteiger partial charge in [0.25, 0.3) is 0 Å². The Bertz CT molecular complexity index is 1950. The lowest BCUT2D eigenvalue weighted by Crippen LogP contribution is -2.57. The number of carbonyl (C=O) groups is 6. The molecule has 19 heteroatoms. The van der Waals surface area contributed by atoms with Gasteiger partial charge in [0.2, 0.25) is 17.5 Å². The van der Waals surface area contributed by atoms with Gasteiger partial charge in [-0.05, 0) is 18.9 Å². The number of ether oxygens (including phenoxy) is 4. The molecule has 2 amide bonds. The molecule has 2 aliphatic carbocycles. The third-order valence-electron chi connectivity index (χ3n) is 9.82. The average molecular weight is 781 g/mol. The van der Waals surface area contributed by atoms with E-state index in [1.807, 2.05) is 0 Å².